The molecule has 0 saturated heterocycles. The average molecular weight is 205 g/mol. The lowest BCUT2D eigenvalue weighted by molar-refractivity contribution is -0.139. The molecule has 0 aliphatic heterocycles. The molecular formula is C11H11NO3. The first-order valence-corrected chi connectivity index (χ1v) is 4.63. The quantitative estimate of drug-likeness (QED) is 0.702. The van der Waals surface area contributed by atoms with Crippen molar-refractivity contribution in [3.05, 3.63) is 29.5 Å². The van der Waals surface area contributed by atoms with Crippen LogP contribution in [-0.4, -0.2) is 18.2 Å². The molecule has 1 aromatic carbocycles. The fourth-order valence-corrected chi connectivity index (χ4v) is 1.49. The van der Waals surface area contributed by atoms with Crippen molar-refractivity contribution in [3.63, 3.8) is 0 Å². The summed E-state index contributed by atoms with van der Waals surface area (Å²) in [4.78, 5) is 11.1. The lowest BCUT2D eigenvalue weighted by atomic mass is 10.1. The molecule has 0 unspecified atom stereocenters. The fourth-order valence-electron chi connectivity index (χ4n) is 1.49. The number of para-hydroxylation sites is 1. The molecule has 1 heterocycles. The van der Waals surface area contributed by atoms with E-state index in [1.807, 2.05) is 25.1 Å². The first-order valence-electron chi connectivity index (χ1n) is 4.63. The van der Waals surface area contributed by atoms with Crippen molar-refractivity contribution in [2.75, 3.05) is 7.11 Å². The van der Waals surface area contributed by atoms with Crippen LogP contribution >= 0.6 is 0 Å². The van der Waals surface area contributed by atoms with Crippen LogP contribution in [0.5, 0.6) is 0 Å². The van der Waals surface area contributed by atoms with Gasteiger partial charge in [0, 0.05) is 5.39 Å². The Bertz CT molecular complexity index is 502. The molecule has 0 atom stereocenters. The monoisotopic (exact) mass is 205 g/mol. The summed E-state index contributed by atoms with van der Waals surface area (Å²) in [5.41, 5.74) is 2.37. The van der Waals surface area contributed by atoms with Crippen LogP contribution in [0, 0.1) is 6.92 Å². The number of esters is 1. The van der Waals surface area contributed by atoms with Crippen LogP contribution in [0.1, 0.15) is 11.3 Å². The minimum atomic E-state index is -0.313. The number of methoxy groups -OCH3 is 1. The average Bonchev–Trinajstić information content (AvgIpc) is 2.63. The van der Waals surface area contributed by atoms with Gasteiger partial charge in [-0.1, -0.05) is 17.3 Å². The van der Waals surface area contributed by atoms with Crippen molar-refractivity contribution in [3.8, 4) is 0 Å². The third kappa shape index (κ3) is 1.70. The third-order valence-corrected chi connectivity index (χ3v) is 2.31. The second-order valence-corrected chi connectivity index (χ2v) is 3.33. The Morgan fingerprint density at radius 3 is 3.07 bits per heavy atom. The number of carbonyl (C=O) groups excluding carboxylic acids is 1. The second-order valence-electron chi connectivity index (χ2n) is 3.33. The summed E-state index contributed by atoms with van der Waals surface area (Å²) in [6, 6.07) is 5.74. The molecule has 78 valence electrons. The second kappa shape index (κ2) is 3.73. The Morgan fingerprint density at radius 2 is 2.33 bits per heavy atom. The van der Waals surface area contributed by atoms with Crippen molar-refractivity contribution in [2.24, 2.45) is 0 Å². The Hall–Kier alpha value is -1.84. The van der Waals surface area contributed by atoms with Crippen LogP contribution in [0.15, 0.2) is 22.7 Å². The van der Waals surface area contributed by atoms with E-state index < -0.39 is 0 Å². The maximum absolute atomic E-state index is 11.1. The highest BCUT2D eigenvalue weighted by Gasteiger charge is 2.13. The molecule has 0 N–H and O–H groups in total. The van der Waals surface area contributed by atoms with E-state index in [-0.39, 0.29) is 12.4 Å². The highest BCUT2D eigenvalue weighted by molar-refractivity contribution is 5.85. The molecule has 0 saturated carbocycles. The molecule has 0 amide bonds. The fraction of sp³-hybridized carbons (Fsp3) is 0.273. The van der Waals surface area contributed by atoms with E-state index in [0.717, 1.165) is 16.5 Å². The smallest absolute Gasteiger partial charge is 0.311 e. The number of benzene rings is 1. The van der Waals surface area contributed by atoms with Gasteiger partial charge < -0.3 is 9.26 Å². The van der Waals surface area contributed by atoms with Gasteiger partial charge in [0.2, 0.25) is 0 Å². The molecule has 2 rings (SSSR count). The van der Waals surface area contributed by atoms with Crippen molar-refractivity contribution < 1.29 is 14.1 Å². The Balaban J connectivity index is 2.45. The molecule has 0 aliphatic rings. The van der Waals surface area contributed by atoms with Gasteiger partial charge in [0.05, 0.1) is 13.5 Å². The predicted molar refractivity (Wildman–Crippen MR) is 54.5 cm³/mol. The number of hydrogen-bond acceptors (Lipinski definition) is 4. The number of hydrogen-bond donors (Lipinski definition) is 0. The number of fused-ring (bicyclic) bond motifs is 1. The van der Waals surface area contributed by atoms with Crippen LogP contribution in [0.2, 0.25) is 0 Å². The van der Waals surface area contributed by atoms with Gasteiger partial charge in [0.1, 0.15) is 5.69 Å². The molecule has 1 aromatic heterocycles. The van der Waals surface area contributed by atoms with E-state index in [2.05, 4.69) is 9.89 Å². The van der Waals surface area contributed by atoms with Crippen LogP contribution < -0.4 is 0 Å². The summed E-state index contributed by atoms with van der Waals surface area (Å²) in [6.07, 6.45) is 0.146. The summed E-state index contributed by atoms with van der Waals surface area (Å²) in [5, 5.41) is 4.74. The molecular weight excluding hydrogens is 194 g/mol. The summed E-state index contributed by atoms with van der Waals surface area (Å²) in [6.45, 7) is 1.94. The Kier molecular flexibility index (Phi) is 2.41. The standard InChI is InChI=1S/C11H11NO3/c1-7-4-3-5-8-9(6-10(13)14-2)12-15-11(7)8/h3-5H,6H2,1-2H3. The van der Waals surface area contributed by atoms with Gasteiger partial charge in [0.25, 0.3) is 0 Å². The predicted octanol–water partition coefficient (Wildman–Crippen LogP) is 1.85. The topological polar surface area (TPSA) is 52.3 Å². The molecule has 0 radical (unpaired) electrons. The lowest BCUT2D eigenvalue weighted by Gasteiger charge is -1.95. The number of aromatic nitrogens is 1. The van der Waals surface area contributed by atoms with Gasteiger partial charge in [-0.25, -0.2) is 0 Å². The number of ether oxygens (including phenoxy) is 1. The molecule has 2 aromatic rings. The van der Waals surface area contributed by atoms with Crippen molar-refractivity contribution >= 4 is 16.9 Å². The van der Waals surface area contributed by atoms with Crippen molar-refractivity contribution in [1.29, 1.82) is 0 Å². The summed E-state index contributed by atoms with van der Waals surface area (Å²) in [5.74, 6) is -0.313. The highest BCUT2D eigenvalue weighted by Crippen LogP contribution is 2.21. The molecule has 0 aliphatic carbocycles. The highest BCUT2D eigenvalue weighted by atomic mass is 16.5. The molecule has 0 spiro atoms. The minimum Gasteiger partial charge on any atom is -0.469 e. The van der Waals surface area contributed by atoms with Crippen molar-refractivity contribution in [2.45, 2.75) is 13.3 Å². The third-order valence-electron chi connectivity index (χ3n) is 2.31. The molecule has 0 bridgehead atoms. The zero-order chi connectivity index (χ0) is 10.8. The zero-order valence-electron chi connectivity index (χ0n) is 8.61. The van der Waals surface area contributed by atoms with Gasteiger partial charge in [-0.05, 0) is 18.6 Å². The normalized spacial score (nSPS) is 10.5. The molecule has 15 heavy (non-hydrogen) atoms. The van der Waals surface area contributed by atoms with Crippen LogP contribution in [0.25, 0.3) is 11.0 Å². The maximum atomic E-state index is 11.1. The maximum Gasteiger partial charge on any atom is 0.311 e. The first-order chi connectivity index (χ1) is 7.22. The molecule has 0 fully saturated rings. The van der Waals surface area contributed by atoms with Gasteiger partial charge in [-0.2, -0.15) is 0 Å². The van der Waals surface area contributed by atoms with Crippen LogP contribution in [0.4, 0.5) is 0 Å². The van der Waals surface area contributed by atoms with E-state index in [9.17, 15) is 4.79 Å². The lowest BCUT2D eigenvalue weighted by Crippen LogP contribution is -2.04. The van der Waals surface area contributed by atoms with Gasteiger partial charge in [-0.15, -0.1) is 0 Å². The van der Waals surface area contributed by atoms with Gasteiger partial charge >= 0.3 is 5.97 Å². The first kappa shape index (κ1) is 9.71. The number of nitrogens with zero attached hydrogens (tertiary/aromatic N) is 1. The summed E-state index contributed by atoms with van der Waals surface area (Å²) >= 11 is 0. The Morgan fingerprint density at radius 1 is 1.53 bits per heavy atom. The minimum absolute atomic E-state index is 0.146. The van der Waals surface area contributed by atoms with E-state index in [1.54, 1.807) is 0 Å². The largest absolute Gasteiger partial charge is 0.469 e. The van der Waals surface area contributed by atoms with Crippen LogP contribution in [-0.2, 0) is 16.0 Å². The van der Waals surface area contributed by atoms with E-state index in [4.69, 9.17) is 4.52 Å². The van der Waals surface area contributed by atoms with Crippen molar-refractivity contribution in [1.82, 2.24) is 5.16 Å². The number of carbonyl (C=O) groups is 1. The number of aryl methyl sites for hydroxylation is 1. The summed E-state index contributed by atoms with van der Waals surface area (Å²) < 4.78 is 9.75. The molecule has 4 nitrogen and oxygen atoms in total. The molecule has 4 heteroatoms. The summed E-state index contributed by atoms with van der Waals surface area (Å²) in [7, 11) is 1.36. The van der Waals surface area contributed by atoms with Gasteiger partial charge in [0.15, 0.2) is 5.58 Å². The van der Waals surface area contributed by atoms with E-state index in [0.29, 0.717) is 5.69 Å². The van der Waals surface area contributed by atoms with Crippen LogP contribution in [0.3, 0.4) is 0 Å². The van der Waals surface area contributed by atoms with E-state index in [1.165, 1.54) is 7.11 Å². The SMILES string of the molecule is COC(=O)Cc1noc2c(C)cccc12. The van der Waals surface area contributed by atoms with E-state index >= 15 is 0 Å². The zero-order valence-corrected chi connectivity index (χ0v) is 8.61. The van der Waals surface area contributed by atoms with Gasteiger partial charge in [-0.3, -0.25) is 4.79 Å². The Labute approximate surface area is 86.8 Å². The number of rotatable bonds is 2.